The van der Waals surface area contributed by atoms with Crippen LogP contribution in [0.25, 0.3) is 11.1 Å². The Hall–Kier alpha value is -4.26. The molecule has 0 bridgehead atoms. The molecule has 12 nitrogen and oxygen atoms in total. The number of nitrogens with zero attached hydrogens (tertiary/aromatic N) is 6. The number of fused-ring (bicyclic) bond motifs is 1. The molecule has 0 spiro atoms. The van der Waals surface area contributed by atoms with Gasteiger partial charge >= 0.3 is 5.97 Å². The van der Waals surface area contributed by atoms with E-state index in [1.807, 2.05) is 60.8 Å². The third-order valence-electron chi connectivity index (χ3n) is 11.6. The number of likely N-dealkylation sites (N-methyl/N-ethyl adjacent to an activating group) is 2. The molecule has 1 fully saturated rings. The van der Waals surface area contributed by atoms with Crippen LogP contribution in [-0.4, -0.2) is 106 Å². The number of rotatable bonds is 9. The van der Waals surface area contributed by atoms with Crippen molar-refractivity contribution in [2.45, 2.75) is 71.4 Å². The number of hydrogen-bond donors (Lipinski definition) is 3. The Morgan fingerprint density at radius 2 is 1.60 bits per heavy atom. The lowest BCUT2D eigenvalue weighted by Gasteiger charge is -2.30. The molecule has 1 aliphatic carbocycles. The first-order valence-electron chi connectivity index (χ1n) is 18.9. The van der Waals surface area contributed by atoms with Crippen LogP contribution in [0.15, 0.2) is 41.4 Å². The minimum atomic E-state index is -0.662. The summed E-state index contributed by atoms with van der Waals surface area (Å²) in [5.74, 6) is -0.114. The van der Waals surface area contributed by atoms with Crippen LogP contribution < -0.4 is 10.6 Å². The van der Waals surface area contributed by atoms with E-state index < -0.39 is 5.97 Å². The van der Waals surface area contributed by atoms with Gasteiger partial charge in [0.15, 0.2) is 11.7 Å². The summed E-state index contributed by atoms with van der Waals surface area (Å²) in [7, 11) is 5.88. The Labute approximate surface area is 317 Å². The zero-order valence-electron chi connectivity index (χ0n) is 31.6. The van der Waals surface area contributed by atoms with Gasteiger partial charge in [-0.05, 0) is 102 Å². The van der Waals surface area contributed by atoms with Crippen LogP contribution in [0.2, 0.25) is 5.02 Å². The Kier molecular flexibility index (Phi) is 12.2. The fraction of sp³-hybridized carbons (Fsp3) is 0.525. The minimum Gasteiger partial charge on any atom is -0.481 e. The van der Waals surface area contributed by atoms with Gasteiger partial charge in [0.1, 0.15) is 0 Å². The van der Waals surface area contributed by atoms with Crippen LogP contribution in [0.5, 0.6) is 0 Å². The second-order valence-corrected chi connectivity index (χ2v) is 15.4. The standard InChI is InChI=1S/C40H53ClN8O4/c1-25-16-20-46(3)23-19-42-36(47(25)4)38(50)45-32-11-7-9-30(35(32)41)29-8-6-10-31(26(29)2)44-39(51)37-43-33-24-49(22-18-34(33)48(37)5)21-17-27-12-14-28(15-13-27)40(52)53/h6-11,25,27-28H,12-24H2,1-5H3,(H,44,51)(H,45,50)(H,52,53). The lowest BCUT2D eigenvalue weighted by molar-refractivity contribution is -0.143. The quantitative estimate of drug-likeness (QED) is 0.245. The number of carbonyl (C=O) groups is 3. The van der Waals surface area contributed by atoms with Gasteiger partial charge in [0.2, 0.25) is 0 Å². The van der Waals surface area contributed by atoms with Gasteiger partial charge < -0.3 is 30.1 Å². The van der Waals surface area contributed by atoms with Crippen molar-refractivity contribution in [1.82, 2.24) is 24.3 Å². The number of imidazole rings is 1. The summed E-state index contributed by atoms with van der Waals surface area (Å²) < 4.78 is 1.91. The summed E-state index contributed by atoms with van der Waals surface area (Å²) in [5.41, 5.74) is 5.57. The molecular formula is C40H53ClN8O4. The van der Waals surface area contributed by atoms with Gasteiger partial charge in [0.25, 0.3) is 11.8 Å². The van der Waals surface area contributed by atoms with E-state index in [0.29, 0.717) is 47.1 Å². The molecule has 3 aromatic rings. The van der Waals surface area contributed by atoms with Gasteiger partial charge in [-0.3, -0.25) is 24.3 Å². The number of aliphatic carboxylic acids is 1. The fourth-order valence-corrected chi connectivity index (χ4v) is 8.16. The molecular weight excluding hydrogens is 692 g/mol. The number of hydrogen-bond acceptors (Lipinski definition) is 8. The fourth-order valence-electron chi connectivity index (χ4n) is 7.89. The average molecular weight is 745 g/mol. The first kappa shape index (κ1) is 38.5. The van der Waals surface area contributed by atoms with Crippen LogP contribution in [-0.2, 0) is 29.6 Å². The highest BCUT2D eigenvalue weighted by molar-refractivity contribution is 6.44. The molecule has 1 unspecified atom stereocenters. The zero-order valence-corrected chi connectivity index (χ0v) is 32.4. The predicted molar refractivity (Wildman–Crippen MR) is 210 cm³/mol. The maximum atomic E-state index is 13.7. The largest absolute Gasteiger partial charge is 0.481 e. The highest BCUT2D eigenvalue weighted by atomic mass is 35.5. The molecule has 2 aliphatic heterocycles. The Bertz CT molecular complexity index is 1870. The number of anilines is 2. The number of carboxylic acid groups (broad SMARTS) is 1. The van der Waals surface area contributed by atoms with Crippen molar-refractivity contribution >= 4 is 46.6 Å². The first-order valence-corrected chi connectivity index (χ1v) is 19.3. The number of aromatic nitrogens is 2. The van der Waals surface area contributed by atoms with Crippen molar-refractivity contribution in [3.05, 3.63) is 64.2 Å². The van der Waals surface area contributed by atoms with Gasteiger partial charge in [0.05, 0.1) is 28.9 Å². The van der Waals surface area contributed by atoms with Gasteiger partial charge in [-0.2, -0.15) is 0 Å². The topological polar surface area (TPSA) is 135 Å². The van der Waals surface area contributed by atoms with Gasteiger partial charge in [0, 0.05) is 63.1 Å². The molecule has 0 radical (unpaired) electrons. The summed E-state index contributed by atoms with van der Waals surface area (Å²) in [6.45, 7) is 8.83. The normalized spacial score (nSPS) is 21.5. The van der Waals surface area contributed by atoms with Crippen molar-refractivity contribution in [1.29, 1.82) is 0 Å². The first-order chi connectivity index (χ1) is 25.4. The van der Waals surface area contributed by atoms with Gasteiger partial charge in [-0.25, -0.2) is 4.98 Å². The number of nitrogens with one attached hydrogen (secondary N) is 2. The molecule has 1 atom stereocenters. The summed E-state index contributed by atoms with van der Waals surface area (Å²) >= 11 is 6.99. The number of aliphatic imine (C=N–C) groups is 1. The molecule has 3 heterocycles. The van der Waals surface area contributed by atoms with E-state index in [4.69, 9.17) is 16.6 Å². The molecule has 1 aromatic heterocycles. The number of benzene rings is 2. The molecule has 53 heavy (non-hydrogen) atoms. The van der Waals surface area contributed by atoms with Crippen molar-refractivity contribution in [2.24, 2.45) is 23.9 Å². The van der Waals surface area contributed by atoms with Crippen molar-refractivity contribution in [2.75, 3.05) is 57.5 Å². The van der Waals surface area contributed by atoms with Crippen LogP contribution >= 0.6 is 11.6 Å². The Morgan fingerprint density at radius 1 is 0.906 bits per heavy atom. The van der Waals surface area contributed by atoms with Crippen LogP contribution in [0, 0.1) is 18.8 Å². The molecule has 2 aromatic carbocycles. The van der Waals surface area contributed by atoms with Crippen LogP contribution in [0.4, 0.5) is 11.4 Å². The number of carboxylic acids is 1. The number of amides is 2. The van der Waals surface area contributed by atoms with Crippen molar-refractivity contribution in [3.8, 4) is 11.1 Å². The maximum Gasteiger partial charge on any atom is 0.306 e. The van der Waals surface area contributed by atoms with E-state index in [2.05, 4.69) is 39.4 Å². The van der Waals surface area contributed by atoms with E-state index in [1.54, 1.807) is 6.07 Å². The Balaban J connectivity index is 1.12. The lowest BCUT2D eigenvalue weighted by Crippen LogP contribution is -2.42. The number of carbonyl (C=O) groups excluding carboxylic acids is 2. The maximum absolute atomic E-state index is 13.7. The van der Waals surface area contributed by atoms with E-state index >= 15 is 0 Å². The molecule has 3 aliphatic rings. The van der Waals surface area contributed by atoms with E-state index in [9.17, 15) is 19.5 Å². The van der Waals surface area contributed by atoms with E-state index in [1.165, 1.54) is 0 Å². The number of amidine groups is 1. The number of halogens is 1. The summed E-state index contributed by atoms with van der Waals surface area (Å²) in [6.07, 6.45) is 6.29. The van der Waals surface area contributed by atoms with Gasteiger partial charge in [-0.15, -0.1) is 0 Å². The molecule has 0 saturated heterocycles. The molecule has 2 amide bonds. The zero-order chi connectivity index (χ0) is 37.8. The summed E-state index contributed by atoms with van der Waals surface area (Å²) in [6, 6.07) is 11.4. The second kappa shape index (κ2) is 16.8. The highest BCUT2D eigenvalue weighted by Gasteiger charge is 2.29. The van der Waals surface area contributed by atoms with E-state index in [0.717, 1.165) is 99.2 Å². The minimum absolute atomic E-state index is 0.141. The van der Waals surface area contributed by atoms with Crippen molar-refractivity contribution in [3.63, 3.8) is 0 Å². The average Bonchev–Trinajstić information content (AvgIpc) is 3.50. The Morgan fingerprint density at radius 3 is 2.34 bits per heavy atom. The molecule has 13 heteroatoms. The van der Waals surface area contributed by atoms with Crippen LogP contribution in [0.1, 0.15) is 73.0 Å². The SMILES string of the molecule is Cc1c(NC(=O)c2nc3c(n2C)CCN(CCC2CCC(C(=O)O)CC2)C3)cccc1-c1cccc(NC(=O)C2=NCCN(C)CCC(C)N2C)c1Cl. The second-order valence-electron chi connectivity index (χ2n) is 15.1. The molecule has 6 rings (SSSR count). The third-order valence-corrected chi connectivity index (χ3v) is 12.0. The predicted octanol–water partition coefficient (Wildman–Crippen LogP) is 5.93. The third kappa shape index (κ3) is 8.77. The summed E-state index contributed by atoms with van der Waals surface area (Å²) in [4.78, 5) is 54.7. The highest BCUT2D eigenvalue weighted by Crippen LogP contribution is 2.38. The van der Waals surface area contributed by atoms with Crippen molar-refractivity contribution < 1.29 is 19.5 Å². The molecule has 284 valence electrons. The summed E-state index contributed by atoms with van der Waals surface area (Å²) in [5, 5.41) is 15.8. The monoisotopic (exact) mass is 744 g/mol. The molecule has 3 N–H and O–H groups in total. The van der Waals surface area contributed by atoms with Gasteiger partial charge in [-0.1, -0.05) is 35.9 Å². The van der Waals surface area contributed by atoms with E-state index in [-0.39, 0.29) is 23.8 Å². The lowest BCUT2D eigenvalue weighted by atomic mass is 9.80. The smallest absolute Gasteiger partial charge is 0.306 e. The molecule has 1 saturated carbocycles. The van der Waals surface area contributed by atoms with Crippen LogP contribution in [0.3, 0.4) is 0 Å².